The molecule has 3 atom stereocenters. The molecule has 0 aromatic rings. The van der Waals surface area contributed by atoms with Crippen molar-refractivity contribution in [1.82, 2.24) is 10.2 Å². The van der Waals surface area contributed by atoms with Gasteiger partial charge in [-0.15, -0.1) is 0 Å². The summed E-state index contributed by atoms with van der Waals surface area (Å²) >= 11 is 0. The fourth-order valence-electron chi connectivity index (χ4n) is 2.16. The van der Waals surface area contributed by atoms with Crippen LogP contribution in [-0.4, -0.2) is 53.9 Å². The van der Waals surface area contributed by atoms with Crippen LogP contribution in [0.25, 0.3) is 0 Å². The molecule has 1 aliphatic heterocycles. The molecule has 6 nitrogen and oxygen atoms in total. The van der Waals surface area contributed by atoms with Crippen molar-refractivity contribution in [3.05, 3.63) is 11.8 Å². The third-order valence-electron chi connectivity index (χ3n) is 3.23. The second-order valence-corrected chi connectivity index (χ2v) is 5.09. The van der Waals surface area contributed by atoms with E-state index < -0.39 is 0 Å². The third kappa shape index (κ3) is 4.51. The van der Waals surface area contributed by atoms with Gasteiger partial charge < -0.3 is 20.1 Å². The van der Waals surface area contributed by atoms with E-state index in [1.165, 1.54) is 6.20 Å². The van der Waals surface area contributed by atoms with Gasteiger partial charge in [0.05, 0.1) is 18.8 Å². The van der Waals surface area contributed by atoms with Crippen LogP contribution in [0, 0.1) is 11.3 Å². The number of morpholine rings is 1. The molecule has 6 heteroatoms. The Kier molecular flexibility index (Phi) is 6.49. The lowest BCUT2D eigenvalue weighted by Gasteiger charge is -2.35. The van der Waals surface area contributed by atoms with Crippen molar-refractivity contribution in [3.8, 4) is 6.07 Å². The van der Waals surface area contributed by atoms with Crippen molar-refractivity contribution in [2.75, 3.05) is 19.7 Å². The molecule has 112 valence electrons. The SMILES string of the molecule is CCC(CO)N/C=C(/C#N)C(=O)N1CC(C)OC(C)C1. The van der Waals surface area contributed by atoms with Crippen LogP contribution in [-0.2, 0) is 9.53 Å². The molecule has 0 aromatic heterocycles. The van der Waals surface area contributed by atoms with E-state index >= 15 is 0 Å². The molecule has 0 saturated carbocycles. The molecule has 0 aromatic carbocycles. The van der Waals surface area contributed by atoms with Crippen molar-refractivity contribution >= 4 is 5.91 Å². The average molecular weight is 281 g/mol. The molecule has 20 heavy (non-hydrogen) atoms. The van der Waals surface area contributed by atoms with Gasteiger partial charge in [0.15, 0.2) is 0 Å². The zero-order chi connectivity index (χ0) is 15.1. The van der Waals surface area contributed by atoms with Crippen LogP contribution in [0.2, 0.25) is 0 Å². The number of amides is 1. The second-order valence-electron chi connectivity index (χ2n) is 5.09. The van der Waals surface area contributed by atoms with E-state index in [2.05, 4.69) is 5.32 Å². The van der Waals surface area contributed by atoms with E-state index in [1.54, 1.807) is 4.90 Å². The fraction of sp³-hybridized carbons (Fsp3) is 0.714. The first-order valence-corrected chi connectivity index (χ1v) is 6.93. The van der Waals surface area contributed by atoms with Crippen molar-refractivity contribution in [2.24, 2.45) is 0 Å². The summed E-state index contributed by atoms with van der Waals surface area (Å²) in [6, 6.07) is 1.77. The smallest absolute Gasteiger partial charge is 0.266 e. The summed E-state index contributed by atoms with van der Waals surface area (Å²) in [4.78, 5) is 13.9. The Morgan fingerprint density at radius 1 is 1.55 bits per heavy atom. The lowest BCUT2D eigenvalue weighted by Crippen LogP contribution is -2.48. The Morgan fingerprint density at radius 2 is 2.15 bits per heavy atom. The minimum atomic E-state index is -0.296. The number of nitriles is 1. The molecule has 0 spiro atoms. The molecule has 0 bridgehead atoms. The molecule has 1 heterocycles. The quantitative estimate of drug-likeness (QED) is 0.562. The van der Waals surface area contributed by atoms with Gasteiger partial charge in [-0.05, 0) is 20.3 Å². The fourth-order valence-corrected chi connectivity index (χ4v) is 2.16. The monoisotopic (exact) mass is 281 g/mol. The summed E-state index contributed by atoms with van der Waals surface area (Å²) in [7, 11) is 0. The summed E-state index contributed by atoms with van der Waals surface area (Å²) < 4.78 is 5.57. The van der Waals surface area contributed by atoms with Gasteiger partial charge in [0.25, 0.3) is 5.91 Å². The maximum Gasteiger partial charge on any atom is 0.266 e. The zero-order valence-electron chi connectivity index (χ0n) is 12.3. The number of nitrogens with zero attached hydrogens (tertiary/aromatic N) is 2. The molecule has 1 fully saturated rings. The van der Waals surface area contributed by atoms with E-state index in [-0.39, 0.29) is 36.3 Å². The number of aliphatic hydroxyl groups is 1. The van der Waals surface area contributed by atoms with Gasteiger partial charge in [-0.2, -0.15) is 5.26 Å². The maximum absolute atomic E-state index is 12.3. The van der Waals surface area contributed by atoms with Crippen molar-refractivity contribution in [3.63, 3.8) is 0 Å². The van der Waals surface area contributed by atoms with E-state index in [9.17, 15) is 4.79 Å². The average Bonchev–Trinajstić information content (AvgIpc) is 2.42. The zero-order valence-corrected chi connectivity index (χ0v) is 12.3. The first-order chi connectivity index (χ1) is 9.51. The van der Waals surface area contributed by atoms with Crippen LogP contribution < -0.4 is 5.32 Å². The van der Waals surface area contributed by atoms with Crippen LogP contribution >= 0.6 is 0 Å². The largest absolute Gasteiger partial charge is 0.394 e. The number of ether oxygens (including phenoxy) is 1. The van der Waals surface area contributed by atoms with Crippen LogP contribution in [0.15, 0.2) is 11.8 Å². The standard InChI is InChI=1S/C14H23N3O3/c1-4-13(9-18)16-6-12(5-15)14(19)17-7-10(2)20-11(3)8-17/h6,10-11,13,16,18H,4,7-9H2,1-3H3/b12-6-. The van der Waals surface area contributed by atoms with Crippen molar-refractivity contribution < 1.29 is 14.6 Å². The predicted octanol–water partition coefficient (Wildman–Crippen LogP) is 0.390. The Bertz CT molecular complexity index is 389. The van der Waals surface area contributed by atoms with Gasteiger partial charge in [-0.3, -0.25) is 4.79 Å². The van der Waals surface area contributed by atoms with Crippen molar-refractivity contribution in [2.45, 2.75) is 45.4 Å². The summed E-state index contributed by atoms with van der Waals surface area (Å²) in [6.07, 6.45) is 2.05. The molecular formula is C14H23N3O3. The Balaban J connectivity index is 2.71. The van der Waals surface area contributed by atoms with Crippen LogP contribution in [0.3, 0.4) is 0 Å². The number of carbonyl (C=O) groups is 1. The Morgan fingerprint density at radius 3 is 2.60 bits per heavy atom. The van der Waals surface area contributed by atoms with Gasteiger partial charge in [0, 0.05) is 25.3 Å². The molecule has 0 aliphatic carbocycles. The minimum absolute atomic E-state index is 0.0311. The molecule has 2 N–H and O–H groups in total. The number of hydrogen-bond donors (Lipinski definition) is 2. The molecule has 1 rings (SSSR count). The molecule has 1 amide bonds. The number of rotatable bonds is 5. The van der Waals surface area contributed by atoms with E-state index in [1.807, 2.05) is 26.8 Å². The first kappa shape index (κ1) is 16.5. The summed E-state index contributed by atoms with van der Waals surface area (Å²) in [5, 5.41) is 21.1. The highest BCUT2D eigenvalue weighted by atomic mass is 16.5. The topological polar surface area (TPSA) is 85.6 Å². The minimum Gasteiger partial charge on any atom is -0.394 e. The number of aliphatic hydroxyl groups excluding tert-OH is 1. The summed E-state index contributed by atoms with van der Waals surface area (Å²) in [5.74, 6) is -0.296. The molecule has 1 saturated heterocycles. The number of hydrogen-bond acceptors (Lipinski definition) is 5. The van der Waals surface area contributed by atoms with Gasteiger partial charge in [-0.25, -0.2) is 0 Å². The highest BCUT2D eigenvalue weighted by Crippen LogP contribution is 2.13. The highest BCUT2D eigenvalue weighted by molar-refractivity contribution is 5.97. The summed E-state index contributed by atoms with van der Waals surface area (Å²) in [6.45, 7) is 6.66. The summed E-state index contributed by atoms with van der Waals surface area (Å²) in [5.41, 5.74) is 0.0539. The van der Waals surface area contributed by atoms with Crippen LogP contribution in [0.4, 0.5) is 0 Å². The number of nitrogens with one attached hydrogen (secondary N) is 1. The van der Waals surface area contributed by atoms with E-state index in [4.69, 9.17) is 15.1 Å². The third-order valence-corrected chi connectivity index (χ3v) is 3.23. The molecule has 3 unspecified atom stereocenters. The predicted molar refractivity (Wildman–Crippen MR) is 74.6 cm³/mol. The van der Waals surface area contributed by atoms with Gasteiger partial charge in [-0.1, -0.05) is 6.92 Å². The van der Waals surface area contributed by atoms with Gasteiger partial charge in [0.2, 0.25) is 0 Å². The second kappa shape index (κ2) is 7.88. The van der Waals surface area contributed by atoms with Crippen molar-refractivity contribution in [1.29, 1.82) is 5.26 Å². The lowest BCUT2D eigenvalue weighted by atomic mass is 10.2. The molecule has 0 radical (unpaired) electrons. The van der Waals surface area contributed by atoms with Crippen LogP contribution in [0.5, 0.6) is 0 Å². The van der Waals surface area contributed by atoms with E-state index in [0.717, 1.165) is 0 Å². The molecular weight excluding hydrogens is 258 g/mol. The maximum atomic E-state index is 12.3. The van der Waals surface area contributed by atoms with E-state index in [0.29, 0.717) is 19.5 Å². The lowest BCUT2D eigenvalue weighted by molar-refractivity contribution is -0.138. The van der Waals surface area contributed by atoms with Gasteiger partial charge in [0.1, 0.15) is 11.6 Å². The van der Waals surface area contributed by atoms with Crippen LogP contribution in [0.1, 0.15) is 27.2 Å². The first-order valence-electron chi connectivity index (χ1n) is 6.93. The number of carbonyl (C=O) groups excluding carboxylic acids is 1. The molecule has 1 aliphatic rings. The Labute approximate surface area is 120 Å². The van der Waals surface area contributed by atoms with Gasteiger partial charge >= 0.3 is 0 Å². The highest BCUT2D eigenvalue weighted by Gasteiger charge is 2.27. The normalized spacial score (nSPS) is 24.9. The Hall–Kier alpha value is -1.58.